The molecule has 0 bridgehead atoms. The number of aliphatic carboxylic acids is 1. The third-order valence-corrected chi connectivity index (χ3v) is 3.02. The van der Waals surface area contributed by atoms with E-state index >= 15 is 0 Å². The van der Waals surface area contributed by atoms with Crippen molar-refractivity contribution in [2.45, 2.75) is 32.3 Å². The van der Waals surface area contributed by atoms with E-state index in [2.05, 4.69) is 0 Å². The summed E-state index contributed by atoms with van der Waals surface area (Å²) < 4.78 is 0. The molecule has 2 N–H and O–H groups in total. The molecule has 0 aliphatic carbocycles. The van der Waals surface area contributed by atoms with Crippen molar-refractivity contribution >= 4 is 17.6 Å². The Bertz CT molecular complexity index is 361. The van der Waals surface area contributed by atoms with Gasteiger partial charge in [0.25, 0.3) is 0 Å². The average molecular weight is 257 g/mol. The number of carbonyl (C=O) groups is 1. The molecule has 0 aliphatic rings. The molecule has 1 rings (SSSR count). The van der Waals surface area contributed by atoms with Crippen molar-refractivity contribution in [3.05, 3.63) is 34.9 Å². The number of aliphatic hydroxyl groups is 1. The van der Waals surface area contributed by atoms with Crippen LogP contribution in [0.1, 0.15) is 25.3 Å². The second kappa shape index (κ2) is 6.62. The molecule has 1 aromatic carbocycles. The van der Waals surface area contributed by atoms with Gasteiger partial charge >= 0.3 is 5.97 Å². The average Bonchev–Trinajstić information content (AvgIpc) is 2.30. The van der Waals surface area contributed by atoms with Gasteiger partial charge in [0.05, 0.1) is 12.0 Å². The molecule has 0 aliphatic heterocycles. The topological polar surface area (TPSA) is 57.5 Å². The van der Waals surface area contributed by atoms with E-state index < -0.39 is 18.0 Å². The number of halogens is 1. The first kappa shape index (κ1) is 14.0. The smallest absolute Gasteiger partial charge is 0.306 e. The summed E-state index contributed by atoms with van der Waals surface area (Å²) in [6.07, 6.45) is 0.728. The van der Waals surface area contributed by atoms with Gasteiger partial charge in [0, 0.05) is 5.02 Å². The third kappa shape index (κ3) is 4.75. The molecule has 0 fully saturated rings. The molecule has 4 heteroatoms. The summed E-state index contributed by atoms with van der Waals surface area (Å²) in [7, 11) is 0. The minimum Gasteiger partial charge on any atom is -0.481 e. The van der Waals surface area contributed by atoms with Gasteiger partial charge in [-0.1, -0.05) is 30.7 Å². The fourth-order valence-electron chi connectivity index (χ4n) is 1.67. The van der Waals surface area contributed by atoms with Crippen molar-refractivity contribution in [3.63, 3.8) is 0 Å². The zero-order valence-electron chi connectivity index (χ0n) is 9.77. The molecule has 2 unspecified atom stereocenters. The molecule has 0 amide bonds. The largest absolute Gasteiger partial charge is 0.481 e. The van der Waals surface area contributed by atoms with Crippen LogP contribution in [0.2, 0.25) is 5.02 Å². The van der Waals surface area contributed by atoms with Crippen LogP contribution in [-0.2, 0) is 11.2 Å². The summed E-state index contributed by atoms with van der Waals surface area (Å²) in [5.41, 5.74) is 0.921. The Morgan fingerprint density at radius 3 is 2.41 bits per heavy atom. The Morgan fingerprint density at radius 2 is 1.94 bits per heavy atom. The van der Waals surface area contributed by atoms with Crippen LogP contribution < -0.4 is 0 Å². The highest BCUT2D eigenvalue weighted by Crippen LogP contribution is 2.18. The fourth-order valence-corrected chi connectivity index (χ4v) is 1.80. The van der Waals surface area contributed by atoms with Crippen LogP contribution in [0.25, 0.3) is 0 Å². The Labute approximate surface area is 106 Å². The van der Waals surface area contributed by atoms with Gasteiger partial charge in [0.2, 0.25) is 0 Å². The zero-order valence-corrected chi connectivity index (χ0v) is 10.5. The third-order valence-electron chi connectivity index (χ3n) is 2.77. The first-order valence-corrected chi connectivity index (χ1v) is 6.06. The fraction of sp³-hybridized carbons (Fsp3) is 0.462. The lowest BCUT2D eigenvalue weighted by atomic mass is 9.93. The van der Waals surface area contributed by atoms with Crippen LogP contribution in [-0.4, -0.2) is 22.3 Å². The number of hydrogen-bond acceptors (Lipinski definition) is 2. The molecule has 2 atom stereocenters. The molecular formula is C13H17ClO3. The molecule has 17 heavy (non-hydrogen) atoms. The standard InChI is InChI=1S/C13H17ClO3/c1-2-12(15)8-10(13(16)17)7-9-3-5-11(14)6-4-9/h3-6,10,12,15H,2,7-8H2,1H3,(H,16,17). The van der Waals surface area contributed by atoms with Gasteiger partial charge in [0.15, 0.2) is 0 Å². The first-order valence-electron chi connectivity index (χ1n) is 5.68. The summed E-state index contributed by atoms with van der Waals surface area (Å²) in [6, 6.07) is 7.12. The van der Waals surface area contributed by atoms with Crippen molar-refractivity contribution in [1.82, 2.24) is 0 Å². The molecule has 3 nitrogen and oxygen atoms in total. The molecule has 0 saturated carbocycles. The number of benzene rings is 1. The van der Waals surface area contributed by atoms with Crippen LogP contribution in [0.3, 0.4) is 0 Å². The van der Waals surface area contributed by atoms with E-state index in [1.165, 1.54) is 0 Å². The maximum Gasteiger partial charge on any atom is 0.306 e. The monoisotopic (exact) mass is 256 g/mol. The van der Waals surface area contributed by atoms with Gasteiger partial charge in [0.1, 0.15) is 0 Å². The van der Waals surface area contributed by atoms with E-state index in [0.29, 0.717) is 17.9 Å². The highest BCUT2D eigenvalue weighted by Gasteiger charge is 2.21. The number of rotatable bonds is 6. The number of aliphatic hydroxyl groups excluding tert-OH is 1. The van der Waals surface area contributed by atoms with E-state index in [1.54, 1.807) is 12.1 Å². The molecule has 94 valence electrons. The van der Waals surface area contributed by atoms with Crippen molar-refractivity contribution in [2.75, 3.05) is 0 Å². The summed E-state index contributed by atoms with van der Waals surface area (Å²) >= 11 is 5.76. The molecule has 1 aromatic rings. The number of carboxylic acid groups (broad SMARTS) is 1. The Balaban J connectivity index is 2.66. The zero-order chi connectivity index (χ0) is 12.8. The first-order chi connectivity index (χ1) is 8.02. The second-order valence-electron chi connectivity index (χ2n) is 4.16. The van der Waals surface area contributed by atoms with Gasteiger partial charge in [-0.25, -0.2) is 0 Å². The minimum absolute atomic E-state index is 0.286. The summed E-state index contributed by atoms with van der Waals surface area (Å²) in [4.78, 5) is 11.1. The predicted octanol–water partition coefficient (Wildman–Crippen LogP) is 2.74. The molecule has 0 saturated heterocycles. The Kier molecular flexibility index (Phi) is 5.45. The maximum atomic E-state index is 11.1. The SMILES string of the molecule is CCC(O)CC(Cc1ccc(Cl)cc1)C(=O)O. The Morgan fingerprint density at radius 1 is 1.35 bits per heavy atom. The van der Waals surface area contributed by atoms with Gasteiger partial charge < -0.3 is 10.2 Å². The quantitative estimate of drug-likeness (QED) is 0.823. The lowest BCUT2D eigenvalue weighted by molar-refractivity contribution is -0.142. The van der Waals surface area contributed by atoms with E-state index in [9.17, 15) is 9.90 Å². The van der Waals surface area contributed by atoms with E-state index in [4.69, 9.17) is 16.7 Å². The predicted molar refractivity (Wildman–Crippen MR) is 67.2 cm³/mol. The highest BCUT2D eigenvalue weighted by molar-refractivity contribution is 6.30. The van der Waals surface area contributed by atoms with Crippen LogP contribution in [0.15, 0.2) is 24.3 Å². The Hall–Kier alpha value is -1.06. The molecular weight excluding hydrogens is 240 g/mol. The summed E-state index contributed by atoms with van der Waals surface area (Å²) in [6.45, 7) is 1.84. The van der Waals surface area contributed by atoms with Crippen LogP contribution in [0.4, 0.5) is 0 Å². The highest BCUT2D eigenvalue weighted by atomic mass is 35.5. The van der Waals surface area contributed by atoms with Gasteiger partial charge in [-0.15, -0.1) is 0 Å². The van der Waals surface area contributed by atoms with Crippen molar-refractivity contribution < 1.29 is 15.0 Å². The molecule has 0 radical (unpaired) electrons. The van der Waals surface area contributed by atoms with Crippen LogP contribution >= 0.6 is 11.6 Å². The van der Waals surface area contributed by atoms with Gasteiger partial charge in [-0.3, -0.25) is 4.79 Å². The number of carboxylic acids is 1. The van der Waals surface area contributed by atoms with Crippen LogP contribution in [0, 0.1) is 5.92 Å². The summed E-state index contributed by atoms with van der Waals surface area (Å²) in [5.74, 6) is -1.42. The van der Waals surface area contributed by atoms with E-state index in [1.807, 2.05) is 19.1 Å². The lowest BCUT2D eigenvalue weighted by Crippen LogP contribution is -2.22. The lowest BCUT2D eigenvalue weighted by Gasteiger charge is -2.15. The molecule has 0 heterocycles. The number of hydrogen-bond donors (Lipinski definition) is 2. The van der Waals surface area contributed by atoms with Crippen molar-refractivity contribution in [2.24, 2.45) is 5.92 Å². The summed E-state index contributed by atoms with van der Waals surface area (Å²) in [5, 5.41) is 19.2. The van der Waals surface area contributed by atoms with Crippen LogP contribution in [0.5, 0.6) is 0 Å². The second-order valence-corrected chi connectivity index (χ2v) is 4.60. The van der Waals surface area contributed by atoms with E-state index in [0.717, 1.165) is 5.56 Å². The normalized spacial score (nSPS) is 14.3. The van der Waals surface area contributed by atoms with Crippen molar-refractivity contribution in [1.29, 1.82) is 0 Å². The van der Waals surface area contributed by atoms with Gasteiger partial charge in [-0.05, 0) is 37.0 Å². The molecule has 0 spiro atoms. The minimum atomic E-state index is -0.868. The van der Waals surface area contributed by atoms with E-state index in [-0.39, 0.29) is 6.42 Å². The van der Waals surface area contributed by atoms with Crippen molar-refractivity contribution in [3.8, 4) is 0 Å². The van der Waals surface area contributed by atoms with Gasteiger partial charge in [-0.2, -0.15) is 0 Å². The molecule has 0 aromatic heterocycles. The maximum absolute atomic E-state index is 11.1.